The first kappa shape index (κ1) is 17.3. The van der Waals surface area contributed by atoms with E-state index in [9.17, 15) is 14.0 Å². The number of urea groups is 1. The highest BCUT2D eigenvalue weighted by molar-refractivity contribution is 6.31. The summed E-state index contributed by atoms with van der Waals surface area (Å²) in [6.07, 6.45) is 2.11. The summed E-state index contributed by atoms with van der Waals surface area (Å²) in [6, 6.07) is 6.98. The Morgan fingerprint density at radius 2 is 1.88 bits per heavy atom. The highest BCUT2D eigenvalue weighted by atomic mass is 35.5. The number of furan rings is 1. The lowest BCUT2D eigenvalue weighted by atomic mass is 10.3. The molecule has 6 nitrogen and oxygen atoms in total. The second-order valence-electron chi connectivity index (χ2n) is 5.67. The van der Waals surface area contributed by atoms with Gasteiger partial charge in [-0.3, -0.25) is 4.79 Å². The lowest BCUT2D eigenvalue weighted by Gasteiger charge is -2.22. The second-order valence-corrected chi connectivity index (χ2v) is 6.08. The van der Waals surface area contributed by atoms with E-state index in [1.165, 1.54) is 24.5 Å². The standard InChI is InChI=1S/C17H17ClFN3O3/c18-13-11-12(4-5-14(13)19)20-17(24)22-7-2-6-21(8-9-22)16(23)15-3-1-10-25-15/h1,3-5,10-11H,2,6-9H2,(H,20,24). The molecule has 0 radical (unpaired) electrons. The average Bonchev–Trinajstić information content (AvgIpc) is 3.02. The van der Waals surface area contributed by atoms with Crippen LogP contribution in [0.1, 0.15) is 17.0 Å². The first-order valence-corrected chi connectivity index (χ1v) is 8.26. The molecule has 1 aromatic carbocycles. The molecule has 1 saturated heterocycles. The molecule has 8 heteroatoms. The molecule has 25 heavy (non-hydrogen) atoms. The fraction of sp³-hybridized carbons (Fsp3) is 0.294. The minimum atomic E-state index is -0.540. The molecular weight excluding hydrogens is 349 g/mol. The molecule has 0 spiro atoms. The zero-order valence-corrected chi connectivity index (χ0v) is 14.1. The number of hydrogen-bond acceptors (Lipinski definition) is 3. The molecule has 1 aromatic heterocycles. The van der Waals surface area contributed by atoms with E-state index < -0.39 is 5.82 Å². The number of hydrogen-bond donors (Lipinski definition) is 1. The van der Waals surface area contributed by atoms with Crippen molar-refractivity contribution in [1.82, 2.24) is 9.80 Å². The van der Waals surface area contributed by atoms with Gasteiger partial charge in [0.2, 0.25) is 0 Å². The van der Waals surface area contributed by atoms with Gasteiger partial charge in [0.05, 0.1) is 11.3 Å². The lowest BCUT2D eigenvalue weighted by molar-refractivity contribution is 0.0731. The topological polar surface area (TPSA) is 65.8 Å². The second kappa shape index (κ2) is 7.57. The van der Waals surface area contributed by atoms with Gasteiger partial charge in [0.1, 0.15) is 5.82 Å². The molecule has 0 saturated carbocycles. The van der Waals surface area contributed by atoms with Gasteiger partial charge in [-0.25, -0.2) is 9.18 Å². The van der Waals surface area contributed by atoms with Crippen LogP contribution in [0.3, 0.4) is 0 Å². The summed E-state index contributed by atoms with van der Waals surface area (Å²) in [7, 11) is 0. The molecule has 2 heterocycles. The quantitative estimate of drug-likeness (QED) is 0.886. The minimum absolute atomic E-state index is 0.0520. The van der Waals surface area contributed by atoms with Crippen molar-refractivity contribution in [2.75, 3.05) is 31.5 Å². The van der Waals surface area contributed by atoms with Crippen molar-refractivity contribution >= 4 is 29.2 Å². The van der Waals surface area contributed by atoms with Crippen molar-refractivity contribution < 1.29 is 18.4 Å². The normalized spacial score (nSPS) is 15.0. The maximum atomic E-state index is 13.2. The molecule has 0 unspecified atom stereocenters. The van der Waals surface area contributed by atoms with Gasteiger partial charge in [0.15, 0.2) is 5.76 Å². The lowest BCUT2D eigenvalue weighted by Crippen LogP contribution is -2.39. The molecule has 1 N–H and O–H groups in total. The number of carbonyl (C=O) groups excluding carboxylic acids is 2. The first-order valence-electron chi connectivity index (χ1n) is 7.88. The van der Waals surface area contributed by atoms with Crippen LogP contribution in [0.4, 0.5) is 14.9 Å². The van der Waals surface area contributed by atoms with Crippen LogP contribution in [-0.2, 0) is 0 Å². The van der Waals surface area contributed by atoms with Crippen LogP contribution in [0.25, 0.3) is 0 Å². The van der Waals surface area contributed by atoms with Crippen LogP contribution in [0.5, 0.6) is 0 Å². The van der Waals surface area contributed by atoms with Crippen LogP contribution < -0.4 is 5.32 Å². The van der Waals surface area contributed by atoms with E-state index in [0.717, 1.165) is 0 Å². The number of rotatable bonds is 2. The van der Waals surface area contributed by atoms with Crippen molar-refractivity contribution in [3.63, 3.8) is 0 Å². The van der Waals surface area contributed by atoms with Gasteiger partial charge >= 0.3 is 6.03 Å². The van der Waals surface area contributed by atoms with Crippen molar-refractivity contribution in [2.45, 2.75) is 6.42 Å². The molecule has 0 aliphatic carbocycles. The number of halogens is 2. The van der Waals surface area contributed by atoms with Crippen molar-refractivity contribution in [1.29, 1.82) is 0 Å². The van der Waals surface area contributed by atoms with E-state index in [2.05, 4.69) is 5.32 Å². The van der Waals surface area contributed by atoms with Crippen LogP contribution in [0.2, 0.25) is 5.02 Å². The Kier molecular flexibility index (Phi) is 5.23. The molecule has 0 atom stereocenters. The zero-order valence-electron chi connectivity index (χ0n) is 13.4. The Balaban J connectivity index is 1.59. The van der Waals surface area contributed by atoms with E-state index in [-0.39, 0.29) is 17.0 Å². The molecule has 1 aliphatic rings. The van der Waals surface area contributed by atoms with Crippen molar-refractivity contribution in [3.8, 4) is 0 Å². The minimum Gasteiger partial charge on any atom is -0.459 e. The predicted molar refractivity (Wildman–Crippen MR) is 91.2 cm³/mol. The summed E-state index contributed by atoms with van der Waals surface area (Å²) >= 11 is 5.72. The molecule has 2 aromatic rings. The first-order chi connectivity index (χ1) is 12.0. The van der Waals surface area contributed by atoms with Crippen molar-refractivity contribution in [3.05, 3.63) is 53.2 Å². The summed E-state index contributed by atoms with van der Waals surface area (Å²) in [5, 5.41) is 2.64. The van der Waals surface area contributed by atoms with Crippen LogP contribution in [0, 0.1) is 5.82 Å². The van der Waals surface area contributed by atoms with Crippen LogP contribution >= 0.6 is 11.6 Å². The third kappa shape index (κ3) is 4.11. The largest absolute Gasteiger partial charge is 0.459 e. The summed E-state index contributed by atoms with van der Waals surface area (Å²) < 4.78 is 18.3. The number of nitrogens with zero attached hydrogens (tertiary/aromatic N) is 2. The maximum Gasteiger partial charge on any atom is 0.321 e. The summed E-state index contributed by atoms with van der Waals surface area (Å²) in [6.45, 7) is 1.87. The third-order valence-corrected chi connectivity index (χ3v) is 4.26. The zero-order chi connectivity index (χ0) is 17.8. The number of carbonyl (C=O) groups is 2. The van der Waals surface area contributed by atoms with Gasteiger partial charge in [-0.15, -0.1) is 0 Å². The SMILES string of the molecule is O=C(Nc1ccc(F)c(Cl)c1)N1CCCN(C(=O)c2ccco2)CC1. The van der Waals surface area contributed by atoms with E-state index >= 15 is 0 Å². The van der Waals surface area contributed by atoms with Gasteiger partial charge in [0, 0.05) is 31.9 Å². The third-order valence-electron chi connectivity index (χ3n) is 3.97. The van der Waals surface area contributed by atoms with Gasteiger partial charge in [-0.2, -0.15) is 0 Å². The number of amides is 3. The van der Waals surface area contributed by atoms with Crippen LogP contribution in [-0.4, -0.2) is 47.9 Å². The van der Waals surface area contributed by atoms with E-state index in [0.29, 0.717) is 44.0 Å². The fourth-order valence-electron chi connectivity index (χ4n) is 2.66. The Morgan fingerprint density at radius 3 is 2.60 bits per heavy atom. The summed E-state index contributed by atoms with van der Waals surface area (Å²) in [5.41, 5.74) is 0.421. The van der Waals surface area contributed by atoms with E-state index in [1.54, 1.807) is 21.9 Å². The van der Waals surface area contributed by atoms with Crippen molar-refractivity contribution in [2.24, 2.45) is 0 Å². The number of nitrogens with one attached hydrogen (secondary N) is 1. The molecular formula is C17H17ClFN3O3. The molecule has 1 aliphatic heterocycles. The fourth-order valence-corrected chi connectivity index (χ4v) is 2.84. The Morgan fingerprint density at radius 1 is 1.12 bits per heavy atom. The number of anilines is 1. The summed E-state index contributed by atoms with van der Waals surface area (Å²) in [5.74, 6) is -0.432. The predicted octanol–water partition coefficient (Wildman–Crippen LogP) is 3.45. The molecule has 1 fully saturated rings. The molecule has 3 rings (SSSR count). The summed E-state index contributed by atoms with van der Waals surface area (Å²) in [4.78, 5) is 28.0. The van der Waals surface area contributed by atoms with Gasteiger partial charge < -0.3 is 19.5 Å². The number of benzene rings is 1. The smallest absolute Gasteiger partial charge is 0.321 e. The molecule has 3 amide bonds. The Bertz CT molecular complexity index is 767. The Labute approximate surface area is 149 Å². The van der Waals surface area contributed by atoms with Gasteiger partial charge in [0.25, 0.3) is 5.91 Å². The van der Waals surface area contributed by atoms with Gasteiger partial charge in [-0.1, -0.05) is 11.6 Å². The molecule has 132 valence electrons. The average molecular weight is 366 g/mol. The van der Waals surface area contributed by atoms with E-state index in [1.807, 2.05) is 0 Å². The maximum absolute atomic E-state index is 13.2. The van der Waals surface area contributed by atoms with Crippen LogP contribution in [0.15, 0.2) is 41.0 Å². The molecule has 0 bridgehead atoms. The monoisotopic (exact) mass is 365 g/mol. The highest BCUT2D eigenvalue weighted by Crippen LogP contribution is 2.20. The Hall–Kier alpha value is -2.54. The highest BCUT2D eigenvalue weighted by Gasteiger charge is 2.24. The van der Waals surface area contributed by atoms with E-state index in [4.69, 9.17) is 16.0 Å². The van der Waals surface area contributed by atoms with Gasteiger partial charge in [-0.05, 0) is 36.8 Å².